The molecule has 0 aliphatic heterocycles. The highest BCUT2D eigenvalue weighted by molar-refractivity contribution is 5.62. The Morgan fingerprint density at radius 2 is 1.93 bits per heavy atom. The standard InChI is InChI=1S/C25H33FN2O/c1-4-6-10-16-29-20(3)12-8-7-9-13-25-27-18-23(19-28-25)22-15-14-21(11-5-2)24(26)17-22/h5,9,13-15,17-20H,2,4,6-8,10-12,16H2,1,3H3. The normalized spacial score (nSPS) is 12.4. The minimum atomic E-state index is -0.227. The molecule has 2 rings (SSSR count). The van der Waals surface area contributed by atoms with Gasteiger partial charge < -0.3 is 4.74 Å². The van der Waals surface area contributed by atoms with E-state index in [1.807, 2.05) is 12.1 Å². The summed E-state index contributed by atoms with van der Waals surface area (Å²) in [5.41, 5.74) is 2.23. The molecular weight excluding hydrogens is 363 g/mol. The van der Waals surface area contributed by atoms with Crippen LogP contribution in [-0.4, -0.2) is 22.7 Å². The molecule has 1 aromatic carbocycles. The highest BCUT2D eigenvalue weighted by Gasteiger charge is 2.05. The van der Waals surface area contributed by atoms with E-state index in [0.717, 1.165) is 43.4 Å². The molecule has 4 heteroatoms. The lowest BCUT2D eigenvalue weighted by atomic mass is 10.0. The average Bonchev–Trinajstić information content (AvgIpc) is 2.73. The van der Waals surface area contributed by atoms with Crippen LogP contribution in [0.4, 0.5) is 4.39 Å². The summed E-state index contributed by atoms with van der Waals surface area (Å²) in [6, 6.07) is 5.20. The number of nitrogens with zero attached hydrogens (tertiary/aromatic N) is 2. The van der Waals surface area contributed by atoms with Crippen LogP contribution in [0.15, 0.2) is 49.3 Å². The number of allylic oxidation sites excluding steroid dienone is 2. The van der Waals surface area contributed by atoms with Crippen molar-refractivity contribution in [2.24, 2.45) is 0 Å². The van der Waals surface area contributed by atoms with Crippen molar-refractivity contribution < 1.29 is 9.13 Å². The monoisotopic (exact) mass is 396 g/mol. The van der Waals surface area contributed by atoms with Crippen molar-refractivity contribution in [2.75, 3.05) is 6.61 Å². The lowest BCUT2D eigenvalue weighted by Gasteiger charge is -2.11. The van der Waals surface area contributed by atoms with Gasteiger partial charge in [0.05, 0.1) is 6.10 Å². The second kappa shape index (κ2) is 13.0. The van der Waals surface area contributed by atoms with Gasteiger partial charge in [0.15, 0.2) is 5.82 Å². The van der Waals surface area contributed by atoms with E-state index in [2.05, 4.69) is 36.5 Å². The Hall–Kier alpha value is -2.33. The molecule has 156 valence electrons. The highest BCUT2D eigenvalue weighted by Crippen LogP contribution is 2.21. The number of hydrogen-bond acceptors (Lipinski definition) is 3. The zero-order valence-corrected chi connectivity index (χ0v) is 17.7. The minimum absolute atomic E-state index is 0.227. The molecule has 0 fully saturated rings. The van der Waals surface area contributed by atoms with Crippen LogP contribution in [0.2, 0.25) is 0 Å². The molecule has 1 unspecified atom stereocenters. The van der Waals surface area contributed by atoms with Gasteiger partial charge in [-0.1, -0.05) is 44.1 Å². The Morgan fingerprint density at radius 1 is 1.14 bits per heavy atom. The number of rotatable bonds is 13. The van der Waals surface area contributed by atoms with E-state index >= 15 is 0 Å². The zero-order chi connectivity index (χ0) is 20.9. The molecule has 0 aliphatic rings. The first kappa shape index (κ1) is 23.0. The van der Waals surface area contributed by atoms with Crippen LogP contribution in [0.3, 0.4) is 0 Å². The van der Waals surface area contributed by atoms with Crippen molar-refractivity contribution in [3.8, 4) is 11.1 Å². The maximum atomic E-state index is 14.1. The molecule has 1 aromatic heterocycles. The summed E-state index contributed by atoms with van der Waals surface area (Å²) in [4.78, 5) is 8.75. The van der Waals surface area contributed by atoms with Gasteiger partial charge in [-0.15, -0.1) is 6.58 Å². The molecule has 0 N–H and O–H groups in total. The Morgan fingerprint density at radius 3 is 2.62 bits per heavy atom. The molecule has 1 heterocycles. The van der Waals surface area contributed by atoms with Crippen molar-refractivity contribution in [3.05, 3.63) is 66.5 Å². The van der Waals surface area contributed by atoms with E-state index in [1.165, 1.54) is 18.9 Å². The maximum absolute atomic E-state index is 14.1. The number of unbranched alkanes of at least 4 members (excludes halogenated alkanes) is 3. The number of aromatic nitrogens is 2. The van der Waals surface area contributed by atoms with E-state index in [9.17, 15) is 4.39 Å². The second-order valence-corrected chi connectivity index (χ2v) is 7.35. The first-order chi connectivity index (χ1) is 14.1. The van der Waals surface area contributed by atoms with Gasteiger partial charge in [-0.2, -0.15) is 0 Å². The Kier molecular flexibility index (Phi) is 10.3. The van der Waals surface area contributed by atoms with Crippen LogP contribution >= 0.6 is 0 Å². The highest BCUT2D eigenvalue weighted by atomic mass is 19.1. The molecule has 0 aliphatic carbocycles. The zero-order valence-electron chi connectivity index (χ0n) is 17.7. The van der Waals surface area contributed by atoms with Crippen LogP contribution < -0.4 is 0 Å². The molecular formula is C25H33FN2O. The summed E-state index contributed by atoms with van der Waals surface area (Å²) in [6.45, 7) is 8.86. The van der Waals surface area contributed by atoms with Gasteiger partial charge in [0, 0.05) is 24.6 Å². The maximum Gasteiger partial charge on any atom is 0.151 e. The van der Waals surface area contributed by atoms with E-state index in [4.69, 9.17) is 4.74 Å². The van der Waals surface area contributed by atoms with Crippen LogP contribution in [0.25, 0.3) is 17.2 Å². The minimum Gasteiger partial charge on any atom is -0.379 e. The molecule has 2 aromatic rings. The van der Waals surface area contributed by atoms with Gasteiger partial charge in [-0.25, -0.2) is 14.4 Å². The lowest BCUT2D eigenvalue weighted by Crippen LogP contribution is -2.08. The van der Waals surface area contributed by atoms with Crippen molar-refractivity contribution in [2.45, 2.75) is 64.9 Å². The first-order valence-electron chi connectivity index (χ1n) is 10.6. The van der Waals surface area contributed by atoms with E-state index in [-0.39, 0.29) is 5.82 Å². The fraction of sp³-hybridized carbons (Fsp3) is 0.440. The molecule has 0 saturated heterocycles. The Balaban J connectivity index is 1.77. The van der Waals surface area contributed by atoms with Gasteiger partial charge in [0.25, 0.3) is 0 Å². The number of benzene rings is 1. The summed E-state index contributed by atoms with van der Waals surface area (Å²) in [5, 5.41) is 0. The van der Waals surface area contributed by atoms with Gasteiger partial charge in [-0.05, 0) is 62.3 Å². The van der Waals surface area contributed by atoms with Gasteiger partial charge >= 0.3 is 0 Å². The topological polar surface area (TPSA) is 35.0 Å². The summed E-state index contributed by atoms with van der Waals surface area (Å²) in [7, 11) is 0. The Bertz CT molecular complexity index is 771. The molecule has 0 saturated carbocycles. The summed E-state index contributed by atoms with van der Waals surface area (Å²) < 4.78 is 19.9. The second-order valence-electron chi connectivity index (χ2n) is 7.35. The van der Waals surface area contributed by atoms with Crippen molar-refractivity contribution in [1.82, 2.24) is 9.97 Å². The largest absolute Gasteiger partial charge is 0.379 e. The van der Waals surface area contributed by atoms with Crippen LogP contribution in [0.5, 0.6) is 0 Å². The fourth-order valence-electron chi connectivity index (χ4n) is 3.05. The molecule has 0 bridgehead atoms. The SMILES string of the molecule is C=CCc1ccc(-c2cnc(C=CCCCC(C)OCCCCC)nc2)cc1F. The van der Waals surface area contributed by atoms with E-state index < -0.39 is 0 Å². The van der Waals surface area contributed by atoms with Crippen molar-refractivity contribution >= 4 is 6.08 Å². The van der Waals surface area contributed by atoms with Crippen LogP contribution in [-0.2, 0) is 11.2 Å². The molecule has 29 heavy (non-hydrogen) atoms. The van der Waals surface area contributed by atoms with Crippen molar-refractivity contribution in [1.29, 1.82) is 0 Å². The number of hydrogen-bond donors (Lipinski definition) is 0. The number of ether oxygens (including phenoxy) is 1. The fourth-order valence-corrected chi connectivity index (χ4v) is 3.05. The van der Waals surface area contributed by atoms with Crippen molar-refractivity contribution in [3.63, 3.8) is 0 Å². The first-order valence-corrected chi connectivity index (χ1v) is 10.6. The Labute approximate surface area is 174 Å². The van der Waals surface area contributed by atoms with Gasteiger partial charge in [-0.3, -0.25) is 0 Å². The van der Waals surface area contributed by atoms with Gasteiger partial charge in [0.1, 0.15) is 5.82 Å². The molecule has 0 radical (unpaired) electrons. The lowest BCUT2D eigenvalue weighted by molar-refractivity contribution is 0.0566. The smallest absolute Gasteiger partial charge is 0.151 e. The third kappa shape index (κ3) is 8.28. The molecule has 1 atom stereocenters. The molecule has 3 nitrogen and oxygen atoms in total. The third-order valence-electron chi connectivity index (χ3n) is 4.82. The van der Waals surface area contributed by atoms with E-state index in [0.29, 0.717) is 23.9 Å². The van der Waals surface area contributed by atoms with Gasteiger partial charge in [0.2, 0.25) is 0 Å². The predicted octanol–water partition coefficient (Wildman–Crippen LogP) is 6.79. The molecule has 0 amide bonds. The molecule has 0 spiro atoms. The summed E-state index contributed by atoms with van der Waals surface area (Å²) in [5.74, 6) is 0.441. The van der Waals surface area contributed by atoms with Crippen LogP contribution in [0.1, 0.15) is 63.8 Å². The predicted molar refractivity (Wildman–Crippen MR) is 119 cm³/mol. The third-order valence-corrected chi connectivity index (χ3v) is 4.82. The summed E-state index contributed by atoms with van der Waals surface area (Å²) in [6.07, 6.45) is 16.8. The summed E-state index contributed by atoms with van der Waals surface area (Å²) >= 11 is 0. The number of halogens is 1. The average molecular weight is 397 g/mol. The van der Waals surface area contributed by atoms with E-state index in [1.54, 1.807) is 24.5 Å². The quantitative estimate of drug-likeness (QED) is 0.276. The van der Waals surface area contributed by atoms with Crippen LogP contribution in [0, 0.1) is 5.82 Å².